The van der Waals surface area contributed by atoms with Crippen molar-refractivity contribution >= 4 is 0 Å². The molecule has 1 atom stereocenters. The number of hydrogen-bond acceptors (Lipinski definition) is 3. The molecule has 2 aromatic rings. The van der Waals surface area contributed by atoms with Gasteiger partial charge in [0.1, 0.15) is 0 Å². The molecule has 2 aromatic heterocycles. The fourth-order valence-corrected chi connectivity index (χ4v) is 1.36. The van der Waals surface area contributed by atoms with E-state index >= 15 is 0 Å². The highest BCUT2D eigenvalue weighted by Gasteiger charge is 2.02. The summed E-state index contributed by atoms with van der Waals surface area (Å²) in [6.45, 7) is 3.88. The van der Waals surface area contributed by atoms with Crippen molar-refractivity contribution in [2.24, 2.45) is 5.73 Å². The number of nitrogens with zero attached hydrogens (tertiary/aromatic N) is 3. The largest absolute Gasteiger partial charge is 0.323 e. The van der Waals surface area contributed by atoms with Crippen molar-refractivity contribution in [3.8, 4) is 5.69 Å². The minimum atomic E-state index is -0.0293. The molecule has 0 bridgehead atoms. The highest BCUT2D eigenvalue weighted by Crippen LogP contribution is 2.10. The molecule has 0 saturated heterocycles. The van der Waals surface area contributed by atoms with E-state index in [2.05, 4.69) is 10.1 Å². The molecule has 0 aromatic carbocycles. The Labute approximate surface area is 88.8 Å². The van der Waals surface area contributed by atoms with Crippen LogP contribution in [0.3, 0.4) is 0 Å². The lowest BCUT2D eigenvalue weighted by molar-refractivity contribution is 0.774. The van der Waals surface area contributed by atoms with Crippen LogP contribution in [0.15, 0.2) is 30.6 Å². The molecule has 0 fully saturated rings. The van der Waals surface area contributed by atoms with Gasteiger partial charge in [0.15, 0.2) is 0 Å². The summed E-state index contributed by atoms with van der Waals surface area (Å²) in [6, 6.07) is 5.83. The van der Waals surface area contributed by atoms with Crippen LogP contribution in [-0.4, -0.2) is 14.8 Å². The van der Waals surface area contributed by atoms with E-state index in [0.717, 1.165) is 17.1 Å². The van der Waals surface area contributed by atoms with E-state index in [1.54, 1.807) is 10.9 Å². The van der Waals surface area contributed by atoms with Gasteiger partial charge in [0.05, 0.1) is 23.3 Å². The Morgan fingerprint density at radius 1 is 1.33 bits per heavy atom. The Morgan fingerprint density at radius 2 is 2.13 bits per heavy atom. The summed E-state index contributed by atoms with van der Waals surface area (Å²) in [5, 5.41) is 4.30. The van der Waals surface area contributed by atoms with E-state index in [-0.39, 0.29) is 6.04 Å². The highest BCUT2D eigenvalue weighted by atomic mass is 15.3. The van der Waals surface area contributed by atoms with Crippen LogP contribution in [0.25, 0.3) is 5.69 Å². The first-order valence-electron chi connectivity index (χ1n) is 4.91. The van der Waals surface area contributed by atoms with Crippen LogP contribution in [0.1, 0.15) is 24.4 Å². The number of nitrogens with two attached hydrogens (primary N) is 1. The Balaban J connectivity index is 2.31. The van der Waals surface area contributed by atoms with Crippen molar-refractivity contribution < 1.29 is 0 Å². The average Bonchev–Trinajstić information content (AvgIpc) is 2.65. The fraction of sp³-hybridized carbons (Fsp3) is 0.273. The van der Waals surface area contributed by atoms with Gasteiger partial charge in [-0.2, -0.15) is 5.10 Å². The molecule has 78 valence electrons. The quantitative estimate of drug-likeness (QED) is 0.804. The normalized spacial score (nSPS) is 12.7. The molecular formula is C11H14N4. The third kappa shape index (κ3) is 2.05. The first kappa shape index (κ1) is 9.86. The van der Waals surface area contributed by atoms with Crippen LogP contribution in [0.4, 0.5) is 0 Å². The lowest BCUT2D eigenvalue weighted by atomic mass is 10.2. The molecule has 0 unspecified atom stereocenters. The van der Waals surface area contributed by atoms with Crippen molar-refractivity contribution in [1.82, 2.24) is 14.8 Å². The smallest absolute Gasteiger partial charge is 0.0829 e. The van der Waals surface area contributed by atoms with Crippen LogP contribution in [0.5, 0.6) is 0 Å². The monoisotopic (exact) mass is 202 g/mol. The summed E-state index contributed by atoms with van der Waals surface area (Å²) in [5.41, 5.74) is 8.56. The van der Waals surface area contributed by atoms with E-state index in [9.17, 15) is 0 Å². The number of pyridine rings is 1. The molecule has 0 spiro atoms. The molecule has 2 rings (SSSR count). The fourth-order valence-electron chi connectivity index (χ4n) is 1.36. The Kier molecular flexibility index (Phi) is 2.51. The maximum Gasteiger partial charge on any atom is 0.0829 e. The average molecular weight is 202 g/mol. The number of rotatable bonds is 2. The molecule has 0 aliphatic heterocycles. The highest BCUT2D eigenvalue weighted by molar-refractivity contribution is 5.29. The Bertz CT molecular complexity index is 442. The van der Waals surface area contributed by atoms with E-state index in [1.165, 1.54) is 0 Å². The van der Waals surface area contributed by atoms with E-state index in [1.807, 2.05) is 38.2 Å². The second-order valence-electron chi connectivity index (χ2n) is 3.63. The van der Waals surface area contributed by atoms with Crippen LogP contribution in [-0.2, 0) is 0 Å². The first-order chi connectivity index (χ1) is 7.16. The van der Waals surface area contributed by atoms with E-state index in [4.69, 9.17) is 5.73 Å². The second-order valence-corrected chi connectivity index (χ2v) is 3.63. The van der Waals surface area contributed by atoms with Gasteiger partial charge in [0.25, 0.3) is 0 Å². The first-order valence-corrected chi connectivity index (χ1v) is 4.91. The van der Waals surface area contributed by atoms with Crippen LogP contribution in [0, 0.1) is 6.92 Å². The van der Waals surface area contributed by atoms with Crippen molar-refractivity contribution in [3.05, 3.63) is 42.0 Å². The maximum absolute atomic E-state index is 5.72. The van der Waals surface area contributed by atoms with E-state index in [0.29, 0.717) is 0 Å². The molecule has 2 heterocycles. The van der Waals surface area contributed by atoms with Gasteiger partial charge in [0.2, 0.25) is 0 Å². The van der Waals surface area contributed by atoms with Gasteiger partial charge < -0.3 is 5.73 Å². The standard InChI is InChI=1S/C11H14N4/c1-8-5-6-15(14-8)10-3-4-11(9(2)12)13-7-10/h3-7,9H,12H2,1-2H3/t9-/m1/s1. The molecule has 0 saturated carbocycles. The summed E-state index contributed by atoms with van der Waals surface area (Å²) >= 11 is 0. The zero-order valence-corrected chi connectivity index (χ0v) is 8.88. The SMILES string of the molecule is Cc1ccn(-c2ccc([C@@H](C)N)nc2)n1. The van der Waals surface area contributed by atoms with Gasteiger partial charge in [-0.25, -0.2) is 4.68 Å². The van der Waals surface area contributed by atoms with Crippen molar-refractivity contribution in [2.45, 2.75) is 19.9 Å². The predicted molar refractivity (Wildman–Crippen MR) is 58.7 cm³/mol. The van der Waals surface area contributed by atoms with Gasteiger partial charge in [-0.15, -0.1) is 0 Å². The minimum absolute atomic E-state index is 0.0293. The summed E-state index contributed by atoms with van der Waals surface area (Å²) in [5.74, 6) is 0. The molecule has 0 amide bonds. The van der Waals surface area contributed by atoms with Gasteiger partial charge in [-0.05, 0) is 32.0 Å². The van der Waals surface area contributed by atoms with Crippen molar-refractivity contribution in [3.63, 3.8) is 0 Å². The molecule has 0 radical (unpaired) electrons. The summed E-state index contributed by atoms with van der Waals surface area (Å²) in [4.78, 5) is 4.28. The van der Waals surface area contributed by atoms with Crippen molar-refractivity contribution in [1.29, 1.82) is 0 Å². The zero-order chi connectivity index (χ0) is 10.8. The summed E-state index contributed by atoms with van der Waals surface area (Å²) in [6.07, 6.45) is 3.70. The van der Waals surface area contributed by atoms with Gasteiger partial charge >= 0.3 is 0 Å². The summed E-state index contributed by atoms with van der Waals surface area (Å²) < 4.78 is 1.80. The van der Waals surface area contributed by atoms with Crippen molar-refractivity contribution in [2.75, 3.05) is 0 Å². The third-order valence-corrected chi connectivity index (χ3v) is 2.22. The topological polar surface area (TPSA) is 56.7 Å². The predicted octanol–water partition coefficient (Wildman–Crippen LogP) is 1.60. The minimum Gasteiger partial charge on any atom is -0.323 e. The molecule has 4 nitrogen and oxygen atoms in total. The Hall–Kier alpha value is -1.68. The summed E-state index contributed by atoms with van der Waals surface area (Å²) in [7, 11) is 0. The van der Waals surface area contributed by atoms with Gasteiger partial charge in [0, 0.05) is 12.2 Å². The molecule has 0 aliphatic carbocycles. The van der Waals surface area contributed by atoms with Gasteiger partial charge in [-0.1, -0.05) is 0 Å². The van der Waals surface area contributed by atoms with E-state index < -0.39 is 0 Å². The second kappa shape index (κ2) is 3.82. The lowest BCUT2D eigenvalue weighted by Crippen LogP contribution is -2.07. The molecule has 15 heavy (non-hydrogen) atoms. The molecule has 0 aliphatic rings. The maximum atomic E-state index is 5.72. The third-order valence-electron chi connectivity index (χ3n) is 2.22. The van der Waals surface area contributed by atoms with Crippen LogP contribution >= 0.6 is 0 Å². The number of aryl methyl sites for hydroxylation is 1. The molecule has 4 heteroatoms. The van der Waals surface area contributed by atoms with Crippen LogP contribution in [0.2, 0.25) is 0 Å². The van der Waals surface area contributed by atoms with Crippen LogP contribution < -0.4 is 5.73 Å². The molecule has 2 N–H and O–H groups in total. The van der Waals surface area contributed by atoms with Gasteiger partial charge in [-0.3, -0.25) is 4.98 Å². The zero-order valence-electron chi connectivity index (χ0n) is 8.88. The Morgan fingerprint density at radius 3 is 2.60 bits per heavy atom. The molecular weight excluding hydrogens is 188 g/mol. The lowest BCUT2D eigenvalue weighted by Gasteiger charge is -2.05. The number of hydrogen-bond donors (Lipinski definition) is 1. The number of aromatic nitrogens is 3.